The smallest absolute Gasteiger partial charge is 0.131 e. The summed E-state index contributed by atoms with van der Waals surface area (Å²) in [6.07, 6.45) is 1.14. The van der Waals surface area contributed by atoms with Gasteiger partial charge in [-0.25, -0.2) is 4.98 Å². The van der Waals surface area contributed by atoms with Gasteiger partial charge >= 0.3 is 0 Å². The molecule has 2 unspecified atom stereocenters. The molecule has 3 aliphatic rings. The molecule has 6 nitrogen and oxygen atoms in total. The number of anilines is 2. The first-order valence-corrected chi connectivity index (χ1v) is 13.2. The van der Waals surface area contributed by atoms with Crippen LogP contribution in [-0.2, 0) is 22.1 Å². The van der Waals surface area contributed by atoms with Crippen LogP contribution in [0.3, 0.4) is 0 Å². The molecule has 2 fully saturated rings. The minimum Gasteiger partial charge on any atom is -0.380 e. The quantitative estimate of drug-likeness (QED) is 0.640. The lowest BCUT2D eigenvalue weighted by Crippen LogP contribution is -2.48. The Morgan fingerprint density at radius 2 is 2.00 bits per heavy atom. The van der Waals surface area contributed by atoms with Crippen LogP contribution in [0.4, 0.5) is 11.5 Å². The van der Waals surface area contributed by atoms with Crippen molar-refractivity contribution in [3.63, 3.8) is 0 Å². The lowest BCUT2D eigenvalue weighted by atomic mass is 10.1. The SMILES string of the molecule is Cc1ccc2nc(N3CCS(=O)c4ccccc4C3)cc(NC3CCN(C4COC4)C3)c2c1. The predicted molar refractivity (Wildman–Crippen MR) is 133 cm³/mol. The first-order valence-electron chi connectivity index (χ1n) is 11.8. The minimum atomic E-state index is -0.971. The van der Waals surface area contributed by atoms with E-state index in [4.69, 9.17) is 9.72 Å². The highest BCUT2D eigenvalue weighted by atomic mass is 32.2. The van der Waals surface area contributed by atoms with Crippen molar-refractivity contribution < 1.29 is 8.95 Å². The van der Waals surface area contributed by atoms with Crippen LogP contribution in [0.5, 0.6) is 0 Å². The van der Waals surface area contributed by atoms with Crippen molar-refractivity contribution in [1.82, 2.24) is 9.88 Å². The summed E-state index contributed by atoms with van der Waals surface area (Å²) in [6.45, 7) is 7.49. The second kappa shape index (κ2) is 8.70. The van der Waals surface area contributed by atoms with E-state index in [0.29, 0.717) is 17.8 Å². The largest absolute Gasteiger partial charge is 0.380 e. The molecule has 0 spiro atoms. The molecule has 2 aromatic carbocycles. The van der Waals surface area contributed by atoms with Crippen molar-refractivity contribution in [1.29, 1.82) is 0 Å². The summed E-state index contributed by atoms with van der Waals surface area (Å²) in [7, 11) is -0.971. The van der Waals surface area contributed by atoms with Crippen molar-refractivity contribution >= 4 is 33.2 Å². The van der Waals surface area contributed by atoms with Crippen LogP contribution in [0.2, 0.25) is 0 Å². The van der Waals surface area contributed by atoms with Gasteiger partial charge in [-0.1, -0.05) is 29.8 Å². The third-order valence-electron chi connectivity index (χ3n) is 7.12. The number of hydrogen-bond donors (Lipinski definition) is 1. The second-order valence-corrected chi connectivity index (χ2v) is 11.0. The predicted octanol–water partition coefficient (Wildman–Crippen LogP) is 3.56. The zero-order chi connectivity index (χ0) is 22.4. The molecule has 3 aliphatic heterocycles. The van der Waals surface area contributed by atoms with Crippen molar-refractivity contribution in [2.24, 2.45) is 0 Å². The number of fused-ring (bicyclic) bond motifs is 2. The number of likely N-dealkylation sites (tertiary alicyclic amines) is 1. The van der Waals surface area contributed by atoms with Crippen LogP contribution in [0.1, 0.15) is 17.5 Å². The zero-order valence-electron chi connectivity index (χ0n) is 19.0. The van der Waals surface area contributed by atoms with Gasteiger partial charge in [0.2, 0.25) is 0 Å². The molecule has 7 heteroatoms. The molecule has 0 radical (unpaired) electrons. The number of aromatic nitrogens is 1. The summed E-state index contributed by atoms with van der Waals surface area (Å²) in [6, 6.07) is 17.8. The van der Waals surface area contributed by atoms with Gasteiger partial charge in [-0.05, 0) is 37.1 Å². The lowest BCUT2D eigenvalue weighted by molar-refractivity contribution is -0.0571. The molecule has 3 aromatic rings. The molecule has 172 valence electrons. The number of pyridine rings is 1. The fourth-order valence-electron chi connectivity index (χ4n) is 5.14. The standard InChI is InChI=1S/C26H30N4O2S/c1-18-6-7-23-22(12-18)24(27-20-8-9-29(15-20)21-16-32-17-21)13-26(28-23)30-10-11-33(31)25-5-3-2-4-19(25)14-30/h2-7,12-13,20-21H,8-11,14-17H2,1H3,(H,27,28). The molecule has 4 heterocycles. The Hall–Kier alpha value is -2.48. The number of nitrogens with zero attached hydrogens (tertiary/aromatic N) is 3. The summed E-state index contributed by atoms with van der Waals surface area (Å²) in [4.78, 5) is 10.8. The van der Waals surface area contributed by atoms with Crippen molar-refractivity contribution in [2.75, 3.05) is 48.8 Å². The molecule has 0 aliphatic carbocycles. The maximum atomic E-state index is 12.8. The van der Waals surface area contributed by atoms with Gasteiger partial charge in [-0.15, -0.1) is 0 Å². The highest BCUT2D eigenvalue weighted by molar-refractivity contribution is 7.85. The molecule has 6 rings (SSSR count). The van der Waals surface area contributed by atoms with Gasteiger partial charge in [0.05, 0.1) is 35.6 Å². The Bertz CT molecular complexity index is 1210. The Labute approximate surface area is 197 Å². The maximum absolute atomic E-state index is 12.8. The number of rotatable bonds is 4. The topological polar surface area (TPSA) is 57.7 Å². The Balaban J connectivity index is 1.33. The van der Waals surface area contributed by atoms with E-state index < -0.39 is 10.8 Å². The Kier molecular flexibility index (Phi) is 5.56. The number of aryl methyl sites for hydroxylation is 1. The third-order valence-corrected chi connectivity index (χ3v) is 8.56. The third kappa shape index (κ3) is 4.14. The van der Waals surface area contributed by atoms with Gasteiger partial charge < -0.3 is 15.0 Å². The summed E-state index contributed by atoms with van der Waals surface area (Å²) in [5.41, 5.74) is 4.51. The van der Waals surface area contributed by atoms with Crippen LogP contribution in [0.15, 0.2) is 53.4 Å². The summed E-state index contributed by atoms with van der Waals surface area (Å²) in [5.74, 6) is 1.57. The Morgan fingerprint density at radius 3 is 2.85 bits per heavy atom. The van der Waals surface area contributed by atoms with Crippen molar-refractivity contribution in [3.05, 3.63) is 59.7 Å². The van der Waals surface area contributed by atoms with E-state index in [9.17, 15) is 4.21 Å². The van der Waals surface area contributed by atoms with E-state index in [1.165, 1.54) is 10.9 Å². The fourth-order valence-corrected chi connectivity index (χ4v) is 6.40. The molecule has 1 N–H and O–H groups in total. The molecule has 2 saturated heterocycles. The van der Waals surface area contributed by atoms with Gasteiger partial charge in [0.1, 0.15) is 5.82 Å². The second-order valence-electron chi connectivity index (χ2n) is 9.44. The molecule has 0 amide bonds. The molecular weight excluding hydrogens is 432 g/mol. The van der Waals surface area contributed by atoms with Gasteiger partial charge in [-0.2, -0.15) is 0 Å². The highest BCUT2D eigenvalue weighted by Crippen LogP contribution is 2.32. The van der Waals surface area contributed by atoms with E-state index in [0.717, 1.165) is 73.3 Å². The molecule has 2 atom stereocenters. The van der Waals surface area contributed by atoms with E-state index in [-0.39, 0.29) is 0 Å². The van der Waals surface area contributed by atoms with E-state index in [1.807, 2.05) is 18.2 Å². The number of benzene rings is 2. The van der Waals surface area contributed by atoms with Gasteiger partial charge in [0.15, 0.2) is 0 Å². The van der Waals surface area contributed by atoms with Crippen LogP contribution in [0, 0.1) is 6.92 Å². The van der Waals surface area contributed by atoms with Crippen molar-refractivity contribution in [2.45, 2.75) is 36.9 Å². The van der Waals surface area contributed by atoms with Crippen molar-refractivity contribution in [3.8, 4) is 0 Å². The highest BCUT2D eigenvalue weighted by Gasteiger charge is 2.32. The van der Waals surface area contributed by atoms with Crippen LogP contribution in [-0.4, -0.2) is 64.8 Å². The number of ether oxygens (including phenoxy) is 1. The maximum Gasteiger partial charge on any atom is 0.131 e. The van der Waals surface area contributed by atoms with Crippen LogP contribution >= 0.6 is 0 Å². The summed E-state index contributed by atoms with van der Waals surface area (Å²) in [5, 5.41) is 5.03. The average molecular weight is 463 g/mol. The molecule has 0 saturated carbocycles. The van der Waals surface area contributed by atoms with Crippen LogP contribution < -0.4 is 10.2 Å². The van der Waals surface area contributed by atoms with E-state index in [2.05, 4.69) is 52.4 Å². The van der Waals surface area contributed by atoms with E-state index >= 15 is 0 Å². The average Bonchev–Trinajstić information content (AvgIpc) is 3.15. The first kappa shape index (κ1) is 21.1. The molecule has 33 heavy (non-hydrogen) atoms. The first-order chi connectivity index (χ1) is 16.1. The normalized spacial score (nSPS) is 23.8. The molecule has 1 aromatic heterocycles. The zero-order valence-corrected chi connectivity index (χ0v) is 19.8. The summed E-state index contributed by atoms with van der Waals surface area (Å²) >= 11 is 0. The fraction of sp³-hybridized carbons (Fsp3) is 0.423. The summed E-state index contributed by atoms with van der Waals surface area (Å²) < 4.78 is 18.2. The molecule has 0 bridgehead atoms. The van der Waals surface area contributed by atoms with Crippen LogP contribution in [0.25, 0.3) is 10.9 Å². The lowest BCUT2D eigenvalue weighted by Gasteiger charge is -2.34. The number of nitrogens with one attached hydrogen (secondary N) is 1. The molecular formula is C26H30N4O2S. The van der Waals surface area contributed by atoms with Gasteiger partial charge in [0, 0.05) is 60.0 Å². The monoisotopic (exact) mass is 462 g/mol. The van der Waals surface area contributed by atoms with E-state index in [1.54, 1.807) is 0 Å². The van der Waals surface area contributed by atoms with Gasteiger partial charge in [-0.3, -0.25) is 9.11 Å². The van der Waals surface area contributed by atoms with Gasteiger partial charge in [0.25, 0.3) is 0 Å². The number of hydrogen-bond acceptors (Lipinski definition) is 6. The minimum absolute atomic E-state index is 0.418. The Morgan fingerprint density at radius 1 is 1.12 bits per heavy atom.